The summed E-state index contributed by atoms with van der Waals surface area (Å²) in [6, 6.07) is 8.61. The molecule has 0 saturated heterocycles. The number of amides is 1. The Bertz CT molecular complexity index is 1180. The maximum Gasteiger partial charge on any atom is 0.278 e. The third-order valence-corrected chi connectivity index (χ3v) is 8.30. The van der Waals surface area contributed by atoms with E-state index in [4.69, 9.17) is 4.42 Å². The van der Waals surface area contributed by atoms with Crippen molar-refractivity contribution in [3.05, 3.63) is 52.7 Å². The molecule has 1 aromatic carbocycles. The van der Waals surface area contributed by atoms with Crippen LogP contribution in [0.4, 0.5) is 5.69 Å². The molecule has 7 nitrogen and oxygen atoms in total. The Morgan fingerprint density at radius 1 is 1.27 bits per heavy atom. The third kappa shape index (κ3) is 3.46. The predicted octanol–water partition coefficient (Wildman–Crippen LogP) is 3.94. The first-order valence-electron chi connectivity index (χ1n) is 9.83. The van der Waals surface area contributed by atoms with E-state index in [2.05, 4.69) is 4.98 Å². The Balaban J connectivity index is 1.64. The molecule has 30 heavy (non-hydrogen) atoms. The molecular formula is C21H23N3O4S2. The molecule has 0 spiro atoms. The summed E-state index contributed by atoms with van der Waals surface area (Å²) in [5, 5.41) is 0.668. The highest BCUT2D eigenvalue weighted by molar-refractivity contribution is 7.89. The zero-order valence-electron chi connectivity index (χ0n) is 17.1. The molecule has 0 N–H and O–H groups in total. The van der Waals surface area contributed by atoms with Crippen molar-refractivity contribution in [1.29, 1.82) is 0 Å². The number of carbonyl (C=O) groups is 1. The number of hydrogen-bond donors (Lipinski definition) is 0. The van der Waals surface area contributed by atoms with Crippen LogP contribution in [-0.4, -0.2) is 43.2 Å². The lowest BCUT2D eigenvalue weighted by atomic mass is 10.2. The molecular weight excluding hydrogens is 422 g/mol. The van der Waals surface area contributed by atoms with Gasteiger partial charge in [-0.3, -0.25) is 4.79 Å². The molecule has 3 heterocycles. The molecule has 1 aliphatic heterocycles. The second kappa shape index (κ2) is 7.98. The molecule has 0 fully saturated rings. The van der Waals surface area contributed by atoms with Gasteiger partial charge >= 0.3 is 0 Å². The van der Waals surface area contributed by atoms with Crippen LogP contribution in [0.15, 0.2) is 45.9 Å². The van der Waals surface area contributed by atoms with Crippen molar-refractivity contribution in [3.8, 4) is 10.8 Å². The van der Waals surface area contributed by atoms with Crippen LogP contribution in [0.2, 0.25) is 0 Å². The van der Waals surface area contributed by atoms with Crippen LogP contribution >= 0.6 is 11.3 Å². The van der Waals surface area contributed by atoms with E-state index in [0.29, 0.717) is 42.5 Å². The molecule has 1 aliphatic rings. The number of nitrogens with zero attached hydrogens (tertiary/aromatic N) is 3. The molecule has 0 atom stereocenters. The van der Waals surface area contributed by atoms with Crippen LogP contribution in [-0.2, 0) is 16.4 Å². The van der Waals surface area contributed by atoms with E-state index in [9.17, 15) is 13.2 Å². The van der Waals surface area contributed by atoms with E-state index in [0.717, 1.165) is 16.1 Å². The minimum atomic E-state index is -3.53. The predicted molar refractivity (Wildman–Crippen MR) is 116 cm³/mol. The minimum absolute atomic E-state index is 0.181. The fraction of sp³-hybridized carbons (Fsp3) is 0.333. The Kier molecular flexibility index (Phi) is 5.52. The monoisotopic (exact) mass is 445 g/mol. The van der Waals surface area contributed by atoms with Gasteiger partial charge in [0.25, 0.3) is 5.91 Å². The smallest absolute Gasteiger partial charge is 0.278 e. The van der Waals surface area contributed by atoms with Gasteiger partial charge in [-0.1, -0.05) is 13.8 Å². The number of furan rings is 1. The standard InChI is InChI=1S/C21H23N3O4S2/c1-4-23(5-2)30(26,27)16-8-9-17-15(13-16)10-11-24(17)21(25)19-14(3)29-20(22-19)18-7-6-12-28-18/h6-9,12-13H,4-5,10-11H2,1-3H3. The summed E-state index contributed by atoms with van der Waals surface area (Å²) < 4.78 is 32.5. The van der Waals surface area contributed by atoms with E-state index in [1.165, 1.54) is 15.6 Å². The molecule has 0 radical (unpaired) electrons. The molecule has 0 saturated carbocycles. The normalized spacial score (nSPS) is 13.8. The first kappa shape index (κ1) is 20.8. The highest BCUT2D eigenvalue weighted by Gasteiger charge is 2.31. The summed E-state index contributed by atoms with van der Waals surface area (Å²) in [6.07, 6.45) is 2.19. The second-order valence-electron chi connectivity index (χ2n) is 6.99. The first-order chi connectivity index (χ1) is 14.4. The molecule has 2 aromatic heterocycles. The minimum Gasteiger partial charge on any atom is -0.462 e. The first-order valence-corrected chi connectivity index (χ1v) is 12.1. The molecule has 4 rings (SSSR count). The molecule has 1 amide bonds. The summed E-state index contributed by atoms with van der Waals surface area (Å²) >= 11 is 1.42. The van der Waals surface area contributed by atoms with E-state index in [-0.39, 0.29) is 10.8 Å². The number of carbonyl (C=O) groups excluding carboxylic acids is 1. The lowest BCUT2D eigenvalue weighted by molar-refractivity contribution is 0.0985. The number of sulfonamides is 1. The largest absolute Gasteiger partial charge is 0.462 e. The van der Waals surface area contributed by atoms with Gasteiger partial charge in [-0.25, -0.2) is 13.4 Å². The van der Waals surface area contributed by atoms with Crippen molar-refractivity contribution in [3.63, 3.8) is 0 Å². The van der Waals surface area contributed by atoms with Gasteiger partial charge in [-0.15, -0.1) is 11.3 Å². The number of rotatable bonds is 6. The van der Waals surface area contributed by atoms with Crippen LogP contribution in [0.3, 0.4) is 0 Å². The Hall–Kier alpha value is -2.49. The highest BCUT2D eigenvalue weighted by atomic mass is 32.2. The number of benzene rings is 1. The highest BCUT2D eigenvalue weighted by Crippen LogP contribution is 2.34. The van der Waals surface area contributed by atoms with Gasteiger partial charge in [0.05, 0.1) is 11.2 Å². The van der Waals surface area contributed by atoms with Crippen molar-refractivity contribution in [2.24, 2.45) is 0 Å². The molecule has 0 bridgehead atoms. The Morgan fingerprint density at radius 3 is 2.70 bits per heavy atom. The summed E-state index contributed by atoms with van der Waals surface area (Å²) in [5.41, 5.74) is 2.00. The molecule has 0 unspecified atom stereocenters. The number of thiazole rings is 1. The van der Waals surface area contributed by atoms with Crippen LogP contribution in [0.1, 0.15) is 34.8 Å². The summed E-state index contributed by atoms with van der Waals surface area (Å²) in [6.45, 7) is 6.84. The fourth-order valence-electron chi connectivity index (χ4n) is 3.69. The van der Waals surface area contributed by atoms with E-state index >= 15 is 0 Å². The Morgan fingerprint density at radius 2 is 2.03 bits per heavy atom. The second-order valence-corrected chi connectivity index (χ2v) is 10.1. The average molecular weight is 446 g/mol. The van der Waals surface area contributed by atoms with Gasteiger partial charge in [-0.05, 0) is 49.2 Å². The quantitative estimate of drug-likeness (QED) is 0.574. The van der Waals surface area contributed by atoms with Gasteiger partial charge in [0.15, 0.2) is 10.8 Å². The van der Waals surface area contributed by atoms with Gasteiger partial charge in [0, 0.05) is 30.2 Å². The molecule has 3 aromatic rings. The van der Waals surface area contributed by atoms with Crippen LogP contribution in [0.25, 0.3) is 10.8 Å². The van der Waals surface area contributed by atoms with Crippen molar-refractivity contribution in [1.82, 2.24) is 9.29 Å². The lowest BCUT2D eigenvalue weighted by Crippen LogP contribution is -2.31. The zero-order valence-corrected chi connectivity index (χ0v) is 18.7. The number of anilines is 1. The number of aryl methyl sites for hydroxylation is 1. The van der Waals surface area contributed by atoms with E-state index in [1.54, 1.807) is 35.4 Å². The van der Waals surface area contributed by atoms with Gasteiger partial charge < -0.3 is 9.32 Å². The van der Waals surface area contributed by atoms with Crippen LogP contribution in [0.5, 0.6) is 0 Å². The van der Waals surface area contributed by atoms with E-state index in [1.807, 2.05) is 26.8 Å². The lowest BCUT2D eigenvalue weighted by Gasteiger charge is -2.20. The maximum atomic E-state index is 13.2. The van der Waals surface area contributed by atoms with Crippen molar-refractivity contribution < 1.29 is 17.6 Å². The summed E-state index contributed by atoms with van der Waals surface area (Å²) in [7, 11) is -3.53. The van der Waals surface area contributed by atoms with Crippen molar-refractivity contribution in [2.75, 3.05) is 24.5 Å². The SMILES string of the molecule is CCN(CC)S(=O)(=O)c1ccc2c(c1)CCN2C(=O)c1nc(-c2ccco2)sc1C. The summed E-state index contributed by atoms with van der Waals surface area (Å²) in [4.78, 5) is 20.5. The van der Waals surface area contributed by atoms with Gasteiger partial charge in [0.1, 0.15) is 5.69 Å². The van der Waals surface area contributed by atoms with Crippen molar-refractivity contribution >= 4 is 33.0 Å². The fourth-order valence-corrected chi connectivity index (χ4v) is 6.07. The van der Waals surface area contributed by atoms with Gasteiger partial charge in [-0.2, -0.15) is 4.31 Å². The topological polar surface area (TPSA) is 83.7 Å². The third-order valence-electron chi connectivity index (χ3n) is 5.27. The number of aromatic nitrogens is 1. The zero-order chi connectivity index (χ0) is 21.5. The summed E-state index contributed by atoms with van der Waals surface area (Å²) in [5.74, 6) is 0.454. The van der Waals surface area contributed by atoms with E-state index < -0.39 is 10.0 Å². The average Bonchev–Trinajstić information content (AvgIpc) is 3.47. The molecule has 0 aliphatic carbocycles. The van der Waals surface area contributed by atoms with Crippen LogP contribution in [0, 0.1) is 6.92 Å². The molecule has 158 valence electrons. The van der Waals surface area contributed by atoms with Gasteiger partial charge in [0.2, 0.25) is 10.0 Å². The number of hydrogen-bond acceptors (Lipinski definition) is 6. The van der Waals surface area contributed by atoms with Crippen LogP contribution < -0.4 is 4.90 Å². The van der Waals surface area contributed by atoms with Crippen molar-refractivity contribution in [2.45, 2.75) is 32.1 Å². The Labute approximate surface area is 180 Å². The number of fused-ring (bicyclic) bond motifs is 1. The molecule has 9 heteroatoms. The maximum absolute atomic E-state index is 13.2.